The zero-order chi connectivity index (χ0) is 11.0. The average molecular weight is 202 g/mol. The predicted octanol–water partition coefficient (Wildman–Crippen LogP) is 0.249. The fraction of sp³-hybridized carbons (Fsp3) is 0.900. The molecule has 4 N–H and O–H groups in total. The van der Waals surface area contributed by atoms with Crippen LogP contribution in [0, 0.1) is 5.92 Å². The van der Waals surface area contributed by atoms with Crippen molar-refractivity contribution in [1.29, 1.82) is 0 Å². The van der Waals surface area contributed by atoms with Crippen molar-refractivity contribution in [2.24, 2.45) is 11.7 Å². The van der Waals surface area contributed by atoms with Crippen molar-refractivity contribution in [2.75, 3.05) is 13.2 Å². The number of nitrogens with two attached hydrogens (primary N) is 1. The summed E-state index contributed by atoms with van der Waals surface area (Å²) in [5, 5.41) is 11.5. The molecule has 0 aromatic heterocycles. The van der Waals surface area contributed by atoms with Gasteiger partial charge in [-0.3, -0.25) is 4.79 Å². The molecule has 0 aromatic rings. The quantitative estimate of drug-likeness (QED) is 0.554. The van der Waals surface area contributed by atoms with Gasteiger partial charge in [-0.15, -0.1) is 0 Å². The molecule has 0 saturated heterocycles. The van der Waals surface area contributed by atoms with Gasteiger partial charge in [0.15, 0.2) is 0 Å². The predicted molar refractivity (Wildman–Crippen MR) is 56.8 cm³/mol. The monoisotopic (exact) mass is 202 g/mol. The maximum absolute atomic E-state index is 11.3. The number of amides is 1. The Morgan fingerprint density at radius 1 is 1.57 bits per heavy atom. The minimum absolute atomic E-state index is 0.0220. The van der Waals surface area contributed by atoms with Crippen LogP contribution in [-0.4, -0.2) is 30.2 Å². The molecule has 0 aliphatic rings. The van der Waals surface area contributed by atoms with E-state index in [9.17, 15) is 4.79 Å². The lowest BCUT2D eigenvalue weighted by atomic mass is 10.1. The maximum atomic E-state index is 11.3. The lowest BCUT2D eigenvalue weighted by Crippen LogP contribution is -2.34. The standard InChI is InChI=1S/C10H22N2O2/c1-3-4-9(11)5-10(14)12-6-8(2)7-13/h8-9,13H,3-7,11H2,1-2H3,(H,12,14). The molecule has 0 saturated carbocycles. The van der Waals surface area contributed by atoms with E-state index in [2.05, 4.69) is 5.32 Å². The van der Waals surface area contributed by atoms with Crippen LogP contribution in [-0.2, 0) is 4.79 Å². The molecule has 0 bridgehead atoms. The van der Waals surface area contributed by atoms with E-state index in [1.165, 1.54) is 0 Å². The molecule has 0 spiro atoms. The van der Waals surface area contributed by atoms with Crippen molar-refractivity contribution in [3.63, 3.8) is 0 Å². The second-order valence-corrected chi connectivity index (χ2v) is 3.84. The van der Waals surface area contributed by atoms with Gasteiger partial charge in [0.05, 0.1) is 0 Å². The fourth-order valence-corrected chi connectivity index (χ4v) is 1.14. The van der Waals surface area contributed by atoms with Gasteiger partial charge < -0.3 is 16.2 Å². The topological polar surface area (TPSA) is 75.4 Å². The van der Waals surface area contributed by atoms with Crippen LogP contribution in [0.1, 0.15) is 33.1 Å². The Bertz CT molecular complexity index is 162. The maximum Gasteiger partial charge on any atom is 0.221 e. The molecular weight excluding hydrogens is 180 g/mol. The molecule has 0 aliphatic carbocycles. The highest BCUT2D eigenvalue weighted by Crippen LogP contribution is 1.98. The van der Waals surface area contributed by atoms with E-state index in [1.54, 1.807) is 0 Å². The normalized spacial score (nSPS) is 14.9. The molecule has 2 unspecified atom stereocenters. The zero-order valence-electron chi connectivity index (χ0n) is 9.12. The SMILES string of the molecule is CCCC(N)CC(=O)NCC(C)CO. The van der Waals surface area contributed by atoms with Gasteiger partial charge >= 0.3 is 0 Å². The summed E-state index contributed by atoms with van der Waals surface area (Å²) in [6, 6.07) is -0.0376. The van der Waals surface area contributed by atoms with Crippen LogP contribution in [0.25, 0.3) is 0 Å². The van der Waals surface area contributed by atoms with Gasteiger partial charge in [0, 0.05) is 25.6 Å². The Balaban J connectivity index is 3.54. The second kappa shape index (κ2) is 7.76. The zero-order valence-corrected chi connectivity index (χ0v) is 9.12. The third kappa shape index (κ3) is 6.86. The van der Waals surface area contributed by atoms with E-state index < -0.39 is 0 Å². The first-order valence-electron chi connectivity index (χ1n) is 5.23. The molecule has 1 amide bonds. The molecule has 0 aliphatic heterocycles. The number of aliphatic hydroxyl groups is 1. The number of nitrogens with one attached hydrogen (secondary N) is 1. The summed E-state index contributed by atoms with van der Waals surface area (Å²) in [6.45, 7) is 4.55. The minimum Gasteiger partial charge on any atom is -0.396 e. The Hall–Kier alpha value is -0.610. The Labute approximate surface area is 85.9 Å². The average Bonchev–Trinajstić information content (AvgIpc) is 2.14. The van der Waals surface area contributed by atoms with Crippen molar-refractivity contribution in [3.05, 3.63) is 0 Å². The lowest BCUT2D eigenvalue weighted by Gasteiger charge is -2.12. The molecule has 14 heavy (non-hydrogen) atoms. The number of aliphatic hydroxyl groups excluding tert-OH is 1. The van der Waals surface area contributed by atoms with E-state index in [0.29, 0.717) is 13.0 Å². The summed E-state index contributed by atoms with van der Waals surface area (Å²) in [5.74, 6) is 0.0904. The molecule has 0 aromatic carbocycles. The highest BCUT2D eigenvalue weighted by molar-refractivity contribution is 5.76. The number of carbonyl (C=O) groups is 1. The van der Waals surface area contributed by atoms with Crippen molar-refractivity contribution in [2.45, 2.75) is 39.2 Å². The summed E-state index contributed by atoms with van der Waals surface area (Å²) in [7, 11) is 0. The molecule has 0 radical (unpaired) electrons. The smallest absolute Gasteiger partial charge is 0.221 e. The first-order chi connectivity index (χ1) is 6.60. The highest BCUT2D eigenvalue weighted by atomic mass is 16.3. The summed E-state index contributed by atoms with van der Waals surface area (Å²) < 4.78 is 0. The lowest BCUT2D eigenvalue weighted by molar-refractivity contribution is -0.121. The van der Waals surface area contributed by atoms with E-state index in [1.807, 2.05) is 13.8 Å². The van der Waals surface area contributed by atoms with Crippen LogP contribution in [0.3, 0.4) is 0 Å². The summed E-state index contributed by atoms with van der Waals surface area (Å²) in [4.78, 5) is 11.3. The molecular formula is C10H22N2O2. The van der Waals surface area contributed by atoms with Crippen LogP contribution in [0.15, 0.2) is 0 Å². The summed E-state index contributed by atoms with van der Waals surface area (Å²) in [5.41, 5.74) is 5.71. The first-order valence-corrected chi connectivity index (χ1v) is 5.23. The van der Waals surface area contributed by atoms with E-state index in [0.717, 1.165) is 12.8 Å². The largest absolute Gasteiger partial charge is 0.396 e. The van der Waals surface area contributed by atoms with Gasteiger partial charge in [0.1, 0.15) is 0 Å². The molecule has 84 valence electrons. The van der Waals surface area contributed by atoms with Crippen LogP contribution < -0.4 is 11.1 Å². The van der Waals surface area contributed by atoms with Crippen LogP contribution >= 0.6 is 0 Å². The minimum atomic E-state index is -0.0376. The van der Waals surface area contributed by atoms with Crippen molar-refractivity contribution < 1.29 is 9.90 Å². The number of hydrogen-bond acceptors (Lipinski definition) is 3. The van der Waals surface area contributed by atoms with Gasteiger partial charge in [-0.2, -0.15) is 0 Å². The molecule has 0 rings (SSSR count). The van der Waals surface area contributed by atoms with E-state index >= 15 is 0 Å². The van der Waals surface area contributed by atoms with Crippen molar-refractivity contribution in [3.8, 4) is 0 Å². The fourth-order valence-electron chi connectivity index (χ4n) is 1.14. The van der Waals surface area contributed by atoms with Gasteiger partial charge in [0.2, 0.25) is 5.91 Å². The van der Waals surface area contributed by atoms with Gasteiger partial charge in [-0.25, -0.2) is 0 Å². The molecule has 0 heterocycles. The van der Waals surface area contributed by atoms with Crippen molar-refractivity contribution >= 4 is 5.91 Å². The van der Waals surface area contributed by atoms with E-state index in [4.69, 9.17) is 10.8 Å². The Morgan fingerprint density at radius 3 is 2.71 bits per heavy atom. The summed E-state index contributed by atoms with van der Waals surface area (Å²) >= 11 is 0. The number of hydrogen-bond donors (Lipinski definition) is 3. The van der Waals surface area contributed by atoms with Gasteiger partial charge in [-0.05, 0) is 12.3 Å². The number of carbonyl (C=O) groups excluding carboxylic acids is 1. The van der Waals surface area contributed by atoms with Crippen LogP contribution in [0.2, 0.25) is 0 Å². The Kier molecular flexibility index (Phi) is 7.42. The molecule has 2 atom stereocenters. The van der Waals surface area contributed by atoms with Crippen LogP contribution in [0.4, 0.5) is 0 Å². The second-order valence-electron chi connectivity index (χ2n) is 3.84. The third-order valence-corrected chi connectivity index (χ3v) is 2.07. The van der Waals surface area contributed by atoms with Gasteiger partial charge in [-0.1, -0.05) is 20.3 Å². The van der Waals surface area contributed by atoms with Crippen LogP contribution in [0.5, 0.6) is 0 Å². The first kappa shape index (κ1) is 13.4. The van der Waals surface area contributed by atoms with Gasteiger partial charge in [0.25, 0.3) is 0 Å². The molecule has 4 heteroatoms. The summed E-state index contributed by atoms with van der Waals surface area (Å²) in [6.07, 6.45) is 2.26. The highest BCUT2D eigenvalue weighted by Gasteiger charge is 2.09. The van der Waals surface area contributed by atoms with E-state index in [-0.39, 0.29) is 24.5 Å². The number of rotatable bonds is 7. The molecule has 4 nitrogen and oxygen atoms in total. The third-order valence-electron chi connectivity index (χ3n) is 2.07. The Morgan fingerprint density at radius 2 is 2.21 bits per heavy atom. The van der Waals surface area contributed by atoms with Crippen molar-refractivity contribution in [1.82, 2.24) is 5.32 Å². The molecule has 0 fully saturated rings.